The number of hydrogen-bond donors (Lipinski definition) is 0. The molecule has 6 rings (SSSR count). The van der Waals surface area contributed by atoms with Gasteiger partial charge in [0.1, 0.15) is 0 Å². The van der Waals surface area contributed by atoms with Crippen molar-refractivity contribution in [2.24, 2.45) is 11.8 Å². The molecule has 0 N–H and O–H groups in total. The number of benzene rings is 1. The molecule has 0 atom stereocenters. The normalized spacial score (nSPS) is 33.6. The largest absolute Gasteiger partial charge is 0.285 e. The Hall–Kier alpha value is -1.96. The van der Waals surface area contributed by atoms with Crippen molar-refractivity contribution in [1.29, 1.82) is 0 Å². The highest BCUT2D eigenvalue weighted by Gasteiger charge is 2.87. The Bertz CT molecular complexity index is 787. The van der Waals surface area contributed by atoms with Gasteiger partial charge in [-0.2, -0.15) is 9.13 Å². The topological polar surface area (TPSA) is 7.76 Å². The van der Waals surface area contributed by atoms with Crippen LogP contribution in [0.25, 0.3) is 21.8 Å². The van der Waals surface area contributed by atoms with Crippen LogP contribution in [0.1, 0.15) is 12.1 Å². The van der Waals surface area contributed by atoms with Gasteiger partial charge in [-0.1, -0.05) is 0 Å². The van der Waals surface area contributed by atoms with Crippen LogP contribution < -0.4 is 9.13 Å². The van der Waals surface area contributed by atoms with Crippen LogP contribution in [-0.4, -0.2) is 0 Å². The molecule has 0 bridgehead atoms. The molecular formula is C16H12N2+2. The van der Waals surface area contributed by atoms with E-state index in [0.29, 0.717) is 0 Å². The van der Waals surface area contributed by atoms with E-state index in [1.54, 1.807) is 0 Å². The molecule has 2 fully saturated rings. The van der Waals surface area contributed by atoms with Crippen LogP contribution in [0.15, 0.2) is 48.8 Å². The van der Waals surface area contributed by atoms with E-state index in [1.165, 1.54) is 21.8 Å². The van der Waals surface area contributed by atoms with Crippen molar-refractivity contribution < 1.29 is 9.13 Å². The second kappa shape index (κ2) is 2.28. The van der Waals surface area contributed by atoms with E-state index in [2.05, 4.69) is 57.9 Å². The first kappa shape index (κ1) is 8.20. The highest BCUT2D eigenvalue weighted by molar-refractivity contribution is 5.99. The Morgan fingerprint density at radius 1 is 0.667 bits per heavy atom. The third-order valence-corrected chi connectivity index (χ3v) is 5.16. The molecule has 0 unspecified atom stereocenters. The quantitative estimate of drug-likeness (QED) is 0.413. The molecule has 3 aromatic rings. The summed E-state index contributed by atoms with van der Waals surface area (Å²) in [4.78, 5) is 0. The molecule has 1 aliphatic heterocycles. The van der Waals surface area contributed by atoms with Gasteiger partial charge in [0, 0.05) is 12.1 Å². The molecule has 2 aromatic heterocycles. The molecule has 0 saturated heterocycles. The SMILES string of the molecule is c1cc2ccc3ccc[n+]4c3c2[n+](c1)C1C2C1C24. The zero-order chi connectivity index (χ0) is 11.4. The van der Waals surface area contributed by atoms with Gasteiger partial charge in [0.25, 0.3) is 11.0 Å². The maximum atomic E-state index is 2.53. The van der Waals surface area contributed by atoms with Crippen LogP contribution >= 0.6 is 0 Å². The van der Waals surface area contributed by atoms with Crippen LogP contribution in [0.4, 0.5) is 0 Å². The molecule has 2 aliphatic carbocycles. The van der Waals surface area contributed by atoms with E-state index in [0.717, 1.165) is 23.9 Å². The molecule has 0 radical (unpaired) electrons. The molecule has 2 heteroatoms. The number of pyridine rings is 2. The van der Waals surface area contributed by atoms with Gasteiger partial charge in [-0.25, -0.2) is 0 Å². The predicted molar refractivity (Wildman–Crippen MR) is 66.9 cm³/mol. The van der Waals surface area contributed by atoms with E-state index < -0.39 is 0 Å². The van der Waals surface area contributed by atoms with Gasteiger partial charge in [0.15, 0.2) is 24.5 Å². The minimum atomic E-state index is 0.782. The summed E-state index contributed by atoms with van der Waals surface area (Å²) >= 11 is 0. The Morgan fingerprint density at radius 3 is 1.67 bits per heavy atom. The molecule has 0 amide bonds. The summed E-state index contributed by atoms with van der Waals surface area (Å²) in [5.74, 6) is 1.81. The standard InChI is InChI=1S/C16H12N2/c1-3-9-5-6-10-4-2-8-18-14(10)13(9)17(7-1)15-11-12(15)16(11)18/h1-8,11-12,15-16H/q+2. The molecule has 0 spiro atoms. The molecule has 2 nitrogen and oxygen atoms in total. The van der Waals surface area contributed by atoms with Crippen molar-refractivity contribution in [3.8, 4) is 0 Å². The number of aromatic nitrogens is 2. The fourth-order valence-corrected chi connectivity index (χ4v) is 4.23. The van der Waals surface area contributed by atoms with E-state index in [4.69, 9.17) is 0 Å². The number of rotatable bonds is 0. The fraction of sp³-hybridized carbons (Fsp3) is 0.250. The highest BCUT2D eigenvalue weighted by atomic mass is 15.2. The van der Waals surface area contributed by atoms with Crippen LogP contribution in [0.2, 0.25) is 0 Å². The zero-order valence-electron chi connectivity index (χ0n) is 9.82. The van der Waals surface area contributed by atoms with Crippen molar-refractivity contribution >= 4 is 21.8 Å². The number of nitrogens with zero attached hydrogens (tertiary/aromatic N) is 2. The second-order valence-corrected chi connectivity index (χ2v) is 5.91. The van der Waals surface area contributed by atoms with E-state index in [9.17, 15) is 0 Å². The first-order valence-electron chi connectivity index (χ1n) is 6.72. The molecule has 3 aliphatic rings. The van der Waals surface area contributed by atoms with Crippen LogP contribution in [0.5, 0.6) is 0 Å². The third-order valence-electron chi connectivity index (χ3n) is 5.16. The minimum Gasteiger partial charge on any atom is -0.189 e. The molecule has 3 heterocycles. The highest BCUT2D eigenvalue weighted by Crippen LogP contribution is 2.75. The van der Waals surface area contributed by atoms with Crippen molar-refractivity contribution in [2.75, 3.05) is 0 Å². The summed E-state index contributed by atoms with van der Waals surface area (Å²) in [7, 11) is 0. The first-order valence-corrected chi connectivity index (χ1v) is 6.72. The molecular weight excluding hydrogens is 220 g/mol. The summed E-state index contributed by atoms with van der Waals surface area (Å²) < 4.78 is 5.07. The van der Waals surface area contributed by atoms with Gasteiger partial charge in [0.2, 0.25) is 0 Å². The lowest BCUT2D eigenvalue weighted by Crippen LogP contribution is -2.39. The Kier molecular flexibility index (Phi) is 1.04. The van der Waals surface area contributed by atoms with Crippen molar-refractivity contribution in [1.82, 2.24) is 0 Å². The summed E-state index contributed by atoms with van der Waals surface area (Å²) in [6.07, 6.45) is 4.55. The molecule has 1 aromatic carbocycles. The summed E-state index contributed by atoms with van der Waals surface area (Å²) in [6.45, 7) is 0. The van der Waals surface area contributed by atoms with Gasteiger partial charge in [-0.15, -0.1) is 0 Å². The maximum absolute atomic E-state index is 2.53. The first-order chi connectivity index (χ1) is 8.95. The molecule has 84 valence electrons. The smallest absolute Gasteiger partial charge is 0.189 e. The van der Waals surface area contributed by atoms with Gasteiger partial charge in [-0.05, 0) is 24.3 Å². The molecule has 18 heavy (non-hydrogen) atoms. The minimum absolute atomic E-state index is 0.782. The Balaban J connectivity index is 2.00. The zero-order valence-corrected chi connectivity index (χ0v) is 9.82. The van der Waals surface area contributed by atoms with Gasteiger partial charge < -0.3 is 0 Å². The maximum Gasteiger partial charge on any atom is 0.285 e. The lowest BCUT2D eigenvalue weighted by molar-refractivity contribution is -0.715. The van der Waals surface area contributed by atoms with Gasteiger partial charge >= 0.3 is 0 Å². The van der Waals surface area contributed by atoms with Crippen LogP contribution in [0.3, 0.4) is 0 Å². The van der Waals surface area contributed by atoms with E-state index in [1.807, 2.05) is 0 Å². The number of fused-ring (bicyclic) bond motifs is 4. The van der Waals surface area contributed by atoms with Gasteiger partial charge in [0.05, 0.1) is 22.6 Å². The molecule has 2 saturated carbocycles. The second-order valence-electron chi connectivity index (χ2n) is 5.91. The third kappa shape index (κ3) is 0.685. The van der Waals surface area contributed by atoms with Gasteiger partial charge in [-0.3, -0.25) is 0 Å². The van der Waals surface area contributed by atoms with Crippen LogP contribution in [-0.2, 0) is 0 Å². The lowest BCUT2D eigenvalue weighted by Gasteiger charge is -1.99. The van der Waals surface area contributed by atoms with Crippen molar-refractivity contribution in [2.45, 2.75) is 12.1 Å². The van der Waals surface area contributed by atoms with Crippen molar-refractivity contribution in [3.05, 3.63) is 48.8 Å². The average Bonchev–Trinajstić information content (AvgIpc) is 3.28. The summed E-state index contributed by atoms with van der Waals surface area (Å²) in [5, 5.41) is 2.74. The summed E-state index contributed by atoms with van der Waals surface area (Å²) in [6, 6.07) is 14.9. The summed E-state index contributed by atoms with van der Waals surface area (Å²) in [5.41, 5.74) is 2.88. The number of hydrogen-bond acceptors (Lipinski definition) is 0. The van der Waals surface area contributed by atoms with E-state index in [-0.39, 0.29) is 0 Å². The van der Waals surface area contributed by atoms with E-state index >= 15 is 0 Å². The fourth-order valence-electron chi connectivity index (χ4n) is 4.23. The van der Waals surface area contributed by atoms with Crippen LogP contribution in [0, 0.1) is 11.8 Å². The lowest BCUT2D eigenvalue weighted by atomic mass is 10.1. The Morgan fingerprint density at radius 2 is 1.17 bits per heavy atom. The predicted octanol–water partition coefficient (Wildman–Crippen LogP) is 1.92. The van der Waals surface area contributed by atoms with Crippen molar-refractivity contribution in [3.63, 3.8) is 0 Å². The Labute approximate surface area is 104 Å². The monoisotopic (exact) mass is 232 g/mol. The average molecular weight is 232 g/mol.